The molecule has 0 saturated heterocycles. The number of ether oxygens (including phenoxy) is 1. The molecule has 3 aromatic rings. The maximum absolute atomic E-state index is 12.2. The van der Waals surface area contributed by atoms with Crippen LogP contribution in [0, 0.1) is 0 Å². The Morgan fingerprint density at radius 2 is 2.00 bits per heavy atom. The van der Waals surface area contributed by atoms with Gasteiger partial charge in [0.2, 0.25) is 5.95 Å². The summed E-state index contributed by atoms with van der Waals surface area (Å²) < 4.78 is 5.73. The lowest BCUT2D eigenvalue weighted by atomic mass is 10.3. The molecule has 2 aromatic heterocycles. The van der Waals surface area contributed by atoms with Crippen molar-refractivity contribution in [2.24, 2.45) is 0 Å². The largest absolute Gasteiger partial charge is 0.489 e. The first-order valence-corrected chi connectivity index (χ1v) is 8.05. The Morgan fingerprint density at radius 3 is 2.70 bits per heavy atom. The van der Waals surface area contributed by atoms with Gasteiger partial charge in [0.25, 0.3) is 5.56 Å². The van der Waals surface area contributed by atoms with E-state index >= 15 is 0 Å². The number of para-hydroxylation sites is 2. The number of thiophene rings is 1. The second-order valence-corrected chi connectivity index (χ2v) is 6.06. The molecule has 0 unspecified atom stereocenters. The summed E-state index contributed by atoms with van der Waals surface area (Å²) in [7, 11) is 0. The van der Waals surface area contributed by atoms with E-state index in [9.17, 15) is 4.79 Å². The van der Waals surface area contributed by atoms with Gasteiger partial charge in [0.1, 0.15) is 5.75 Å². The van der Waals surface area contributed by atoms with E-state index in [1.807, 2.05) is 55.6 Å². The van der Waals surface area contributed by atoms with Gasteiger partial charge in [-0.15, -0.1) is 21.5 Å². The molecular formula is C16H16N4O2S. The molecule has 0 spiro atoms. The van der Waals surface area contributed by atoms with Gasteiger partial charge in [-0.1, -0.05) is 18.2 Å². The van der Waals surface area contributed by atoms with Crippen LogP contribution in [-0.4, -0.2) is 21.3 Å². The van der Waals surface area contributed by atoms with Gasteiger partial charge in [-0.3, -0.25) is 9.78 Å². The number of rotatable bonds is 5. The van der Waals surface area contributed by atoms with Gasteiger partial charge in [-0.2, -0.15) is 0 Å². The average Bonchev–Trinajstić information content (AvgIpc) is 3.03. The molecule has 2 heterocycles. The van der Waals surface area contributed by atoms with E-state index in [0.29, 0.717) is 11.4 Å². The van der Waals surface area contributed by atoms with Gasteiger partial charge in [0.05, 0.1) is 16.7 Å². The van der Waals surface area contributed by atoms with Crippen molar-refractivity contribution in [2.75, 3.05) is 5.32 Å². The summed E-state index contributed by atoms with van der Waals surface area (Å²) in [4.78, 5) is 15.7. The van der Waals surface area contributed by atoms with Crippen LogP contribution in [0.3, 0.4) is 0 Å². The zero-order valence-electron chi connectivity index (χ0n) is 12.7. The smallest absolute Gasteiger partial charge is 0.280 e. The van der Waals surface area contributed by atoms with Crippen LogP contribution in [0.2, 0.25) is 0 Å². The summed E-state index contributed by atoms with van der Waals surface area (Å²) in [6, 6.07) is 11.2. The Bertz CT molecular complexity index is 843. The van der Waals surface area contributed by atoms with Crippen LogP contribution in [-0.2, 0) is 0 Å². The number of nitrogens with one attached hydrogen (secondary N) is 2. The van der Waals surface area contributed by atoms with Crippen molar-refractivity contribution in [2.45, 2.75) is 20.0 Å². The number of nitrogens with zero attached hydrogens (tertiary/aromatic N) is 2. The second-order valence-electron chi connectivity index (χ2n) is 5.12. The lowest BCUT2D eigenvalue weighted by Crippen LogP contribution is -2.15. The minimum Gasteiger partial charge on any atom is -0.489 e. The quantitative estimate of drug-likeness (QED) is 0.750. The van der Waals surface area contributed by atoms with E-state index in [2.05, 4.69) is 20.5 Å². The SMILES string of the molecule is CC(C)Oc1ccccc1Nc1nnc(-c2cccs2)c(=O)[nH]1. The van der Waals surface area contributed by atoms with Crippen molar-refractivity contribution in [1.82, 2.24) is 15.2 Å². The van der Waals surface area contributed by atoms with Crippen LogP contribution in [0.15, 0.2) is 46.6 Å². The number of aromatic amines is 1. The molecule has 7 heteroatoms. The predicted molar refractivity (Wildman–Crippen MR) is 91.5 cm³/mol. The summed E-state index contributed by atoms with van der Waals surface area (Å²) in [6.45, 7) is 3.91. The molecule has 0 aliphatic carbocycles. The number of anilines is 2. The predicted octanol–water partition coefficient (Wildman–Crippen LogP) is 3.42. The van der Waals surface area contributed by atoms with Crippen LogP contribution >= 0.6 is 11.3 Å². The van der Waals surface area contributed by atoms with Crippen LogP contribution in [0.5, 0.6) is 5.75 Å². The maximum Gasteiger partial charge on any atom is 0.280 e. The van der Waals surface area contributed by atoms with Crippen molar-refractivity contribution in [3.05, 3.63) is 52.1 Å². The molecule has 2 N–H and O–H groups in total. The molecule has 0 fully saturated rings. The topological polar surface area (TPSA) is 79.9 Å². The second kappa shape index (κ2) is 6.62. The van der Waals surface area contributed by atoms with Crippen molar-refractivity contribution in [1.29, 1.82) is 0 Å². The molecule has 0 bridgehead atoms. The van der Waals surface area contributed by atoms with E-state index < -0.39 is 0 Å². The Hall–Kier alpha value is -2.67. The maximum atomic E-state index is 12.2. The highest BCUT2D eigenvalue weighted by atomic mass is 32.1. The Balaban J connectivity index is 1.87. The monoisotopic (exact) mass is 328 g/mol. The van der Waals surface area contributed by atoms with Crippen molar-refractivity contribution in [3.63, 3.8) is 0 Å². The van der Waals surface area contributed by atoms with Gasteiger partial charge in [0.15, 0.2) is 5.69 Å². The lowest BCUT2D eigenvalue weighted by molar-refractivity contribution is 0.244. The summed E-state index contributed by atoms with van der Waals surface area (Å²) in [5.74, 6) is 0.961. The van der Waals surface area contributed by atoms with E-state index in [4.69, 9.17) is 4.74 Å². The Labute approximate surface area is 137 Å². The average molecular weight is 328 g/mol. The van der Waals surface area contributed by atoms with E-state index in [1.54, 1.807) is 0 Å². The number of aromatic nitrogens is 3. The van der Waals surface area contributed by atoms with Gasteiger partial charge >= 0.3 is 0 Å². The fraction of sp³-hybridized carbons (Fsp3) is 0.188. The molecule has 0 aliphatic heterocycles. The molecule has 23 heavy (non-hydrogen) atoms. The number of H-pyrrole nitrogens is 1. The third-order valence-electron chi connectivity index (χ3n) is 2.95. The zero-order chi connectivity index (χ0) is 16.2. The van der Waals surface area contributed by atoms with Crippen molar-refractivity contribution in [3.8, 4) is 16.3 Å². The third-order valence-corrected chi connectivity index (χ3v) is 3.83. The molecule has 0 radical (unpaired) electrons. The van der Waals surface area contributed by atoms with E-state index in [-0.39, 0.29) is 17.6 Å². The van der Waals surface area contributed by atoms with Gasteiger partial charge < -0.3 is 10.1 Å². The lowest BCUT2D eigenvalue weighted by Gasteiger charge is -2.14. The summed E-state index contributed by atoms with van der Waals surface area (Å²) >= 11 is 1.45. The minimum absolute atomic E-state index is 0.0456. The molecular weight excluding hydrogens is 312 g/mol. The van der Waals surface area contributed by atoms with Crippen LogP contribution in [0.4, 0.5) is 11.6 Å². The summed E-state index contributed by atoms with van der Waals surface area (Å²) in [6.07, 6.45) is 0.0456. The molecule has 0 amide bonds. The van der Waals surface area contributed by atoms with E-state index in [1.165, 1.54) is 11.3 Å². The fourth-order valence-corrected chi connectivity index (χ4v) is 2.73. The first-order valence-electron chi connectivity index (χ1n) is 7.17. The molecule has 3 rings (SSSR count). The molecule has 0 saturated carbocycles. The van der Waals surface area contributed by atoms with Crippen LogP contribution in [0.1, 0.15) is 13.8 Å². The van der Waals surface area contributed by atoms with Crippen LogP contribution in [0.25, 0.3) is 10.6 Å². The van der Waals surface area contributed by atoms with Gasteiger partial charge in [0, 0.05) is 0 Å². The third kappa shape index (κ3) is 3.57. The molecule has 118 valence electrons. The van der Waals surface area contributed by atoms with E-state index in [0.717, 1.165) is 10.6 Å². The number of hydrogen-bond acceptors (Lipinski definition) is 6. The van der Waals surface area contributed by atoms with Crippen LogP contribution < -0.4 is 15.6 Å². The standard InChI is InChI=1S/C16H16N4O2S/c1-10(2)22-12-7-4-3-6-11(12)17-16-18-15(21)14(19-20-16)13-8-5-9-23-13/h3-10H,1-2H3,(H2,17,18,20,21). The fourth-order valence-electron chi connectivity index (χ4n) is 2.02. The highest BCUT2D eigenvalue weighted by molar-refractivity contribution is 7.13. The molecule has 6 nitrogen and oxygen atoms in total. The molecule has 0 aliphatic rings. The van der Waals surface area contributed by atoms with Crippen molar-refractivity contribution >= 4 is 23.0 Å². The zero-order valence-corrected chi connectivity index (χ0v) is 13.6. The highest BCUT2D eigenvalue weighted by Crippen LogP contribution is 2.27. The highest BCUT2D eigenvalue weighted by Gasteiger charge is 2.10. The van der Waals surface area contributed by atoms with Gasteiger partial charge in [-0.05, 0) is 37.4 Å². The first-order chi connectivity index (χ1) is 11.1. The Morgan fingerprint density at radius 1 is 1.17 bits per heavy atom. The summed E-state index contributed by atoms with van der Waals surface area (Å²) in [5.41, 5.74) is 0.750. The molecule has 1 aromatic carbocycles. The number of benzene rings is 1. The number of hydrogen-bond donors (Lipinski definition) is 2. The van der Waals surface area contributed by atoms with Crippen molar-refractivity contribution < 1.29 is 4.74 Å². The summed E-state index contributed by atoms with van der Waals surface area (Å²) in [5, 5.41) is 13.0. The first kappa shape index (κ1) is 15.2. The Kier molecular flexibility index (Phi) is 4.38. The normalized spacial score (nSPS) is 10.7. The van der Waals surface area contributed by atoms with Gasteiger partial charge in [-0.25, -0.2) is 0 Å². The molecule has 0 atom stereocenters. The minimum atomic E-state index is -0.285.